The van der Waals surface area contributed by atoms with E-state index in [1.807, 2.05) is 24.8 Å². The smallest absolute Gasteiger partial charge is 0.115 e. The van der Waals surface area contributed by atoms with Crippen molar-refractivity contribution < 1.29 is 0 Å². The predicted molar refractivity (Wildman–Crippen MR) is 238 cm³/mol. The Morgan fingerprint density at radius 1 is 0.241 bits per heavy atom. The van der Waals surface area contributed by atoms with Gasteiger partial charge in [0.2, 0.25) is 0 Å². The van der Waals surface area contributed by atoms with Gasteiger partial charge in [0.15, 0.2) is 0 Å². The molecule has 10 aromatic rings. The van der Waals surface area contributed by atoms with Crippen LogP contribution in [0.25, 0.3) is 111 Å². The topological polar surface area (TPSA) is 51.6 Å². The second-order valence-corrected chi connectivity index (χ2v) is 14.7. The molecule has 0 saturated heterocycles. The lowest BCUT2D eigenvalue weighted by molar-refractivity contribution is 1.17. The van der Waals surface area contributed by atoms with Gasteiger partial charge in [-0.05, 0) is 130 Å². The largest absolute Gasteiger partial charge is 0.244 e. The van der Waals surface area contributed by atoms with Crippen LogP contribution in [0, 0.1) is 0 Å². The SMILES string of the molecule is c1ccc(-c2cc(-c3cccc(-c4cccc(-c5cncnc5)c4)c3)c3c(c2-c2cccc(-c4cccc(-c5cncnc5)c4)c2)-c2cccc4cccc-3c24)cc1. The summed E-state index contributed by atoms with van der Waals surface area (Å²) >= 11 is 0. The maximum absolute atomic E-state index is 4.27. The molecule has 2 aromatic heterocycles. The van der Waals surface area contributed by atoms with Gasteiger partial charge in [-0.1, -0.05) is 140 Å². The summed E-state index contributed by atoms with van der Waals surface area (Å²) in [6.45, 7) is 0. The molecule has 0 unspecified atom stereocenters. The van der Waals surface area contributed by atoms with E-state index < -0.39 is 0 Å². The Balaban J connectivity index is 1.15. The first-order chi connectivity index (χ1) is 28.8. The molecule has 0 spiro atoms. The van der Waals surface area contributed by atoms with Gasteiger partial charge in [0.25, 0.3) is 0 Å². The molecule has 11 rings (SSSR count). The minimum Gasteiger partial charge on any atom is -0.244 e. The molecule has 4 nitrogen and oxygen atoms in total. The molecule has 8 aromatic carbocycles. The first-order valence-corrected chi connectivity index (χ1v) is 19.5. The van der Waals surface area contributed by atoms with E-state index >= 15 is 0 Å². The zero-order valence-corrected chi connectivity index (χ0v) is 31.4. The summed E-state index contributed by atoms with van der Waals surface area (Å²) in [7, 11) is 0. The van der Waals surface area contributed by atoms with Crippen molar-refractivity contribution in [3.05, 3.63) is 207 Å². The molecule has 1 aliphatic rings. The third kappa shape index (κ3) is 5.78. The minimum atomic E-state index is 0.994. The molecule has 1 aliphatic carbocycles. The van der Waals surface area contributed by atoms with Crippen molar-refractivity contribution in [1.29, 1.82) is 0 Å². The number of fused-ring (bicyclic) bond motifs is 3. The highest BCUT2D eigenvalue weighted by Crippen LogP contribution is 2.57. The molecule has 0 atom stereocenters. The van der Waals surface area contributed by atoms with Crippen LogP contribution in [0.1, 0.15) is 0 Å². The Morgan fingerprint density at radius 2 is 0.638 bits per heavy atom. The summed E-state index contributed by atoms with van der Waals surface area (Å²) in [5.41, 5.74) is 21.0. The van der Waals surface area contributed by atoms with E-state index in [9.17, 15) is 0 Å². The highest BCUT2D eigenvalue weighted by molar-refractivity contribution is 6.22. The van der Waals surface area contributed by atoms with Gasteiger partial charge in [-0.2, -0.15) is 0 Å². The summed E-state index contributed by atoms with van der Waals surface area (Å²) < 4.78 is 0. The van der Waals surface area contributed by atoms with Crippen molar-refractivity contribution in [3.63, 3.8) is 0 Å². The van der Waals surface area contributed by atoms with E-state index in [2.05, 4.69) is 190 Å². The van der Waals surface area contributed by atoms with Crippen LogP contribution in [0.3, 0.4) is 0 Å². The average Bonchev–Trinajstić information content (AvgIpc) is 3.65. The van der Waals surface area contributed by atoms with Crippen LogP contribution in [0.4, 0.5) is 0 Å². The van der Waals surface area contributed by atoms with Gasteiger partial charge in [-0.3, -0.25) is 0 Å². The van der Waals surface area contributed by atoms with Crippen LogP contribution in [0.2, 0.25) is 0 Å². The highest BCUT2D eigenvalue weighted by Gasteiger charge is 2.30. The van der Waals surface area contributed by atoms with Crippen LogP contribution < -0.4 is 0 Å². The minimum absolute atomic E-state index is 0.994. The molecular weight excluding hydrogens is 705 g/mol. The molecule has 0 bridgehead atoms. The van der Waals surface area contributed by atoms with Crippen molar-refractivity contribution in [2.45, 2.75) is 0 Å². The fourth-order valence-corrected chi connectivity index (χ4v) is 8.74. The fraction of sp³-hybridized carbons (Fsp3) is 0. The summed E-state index contributed by atoms with van der Waals surface area (Å²) in [6.07, 6.45) is 10.6. The Kier molecular flexibility index (Phi) is 8.11. The van der Waals surface area contributed by atoms with E-state index in [1.165, 1.54) is 66.4 Å². The third-order valence-electron chi connectivity index (χ3n) is 11.4. The molecule has 58 heavy (non-hydrogen) atoms. The van der Waals surface area contributed by atoms with Crippen molar-refractivity contribution >= 4 is 10.8 Å². The fourth-order valence-electron chi connectivity index (χ4n) is 8.74. The monoisotopic (exact) mass is 738 g/mol. The van der Waals surface area contributed by atoms with Crippen LogP contribution >= 0.6 is 0 Å². The van der Waals surface area contributed by atoms with Gasteiger partial charge < -0.3 is 0 Å². The van der Waals surface area contributed by atoms with Gasteiger partial charge in [0.05, 0.1) is 0 Å². The first kappa shape index (κ1) is 33.5. The quantitative estimate of drug-likeness (QED) is 0.163. The first-order valence-electron chi connectivity index (χ1n) is 19.5. The second kappa shape index (κ2) is 14.0. The van der Waals surface area contributed by atoms with Crippen LogP contribution in [0.15, 0.2) is 207 Å². The van der Waals surface area contributed by atoms with Crippen molar-refractivity contribution in [1.82, 2.24) is 19.9 Å². The lowest BCUT2D eigenvalue weighted by Gasteiger charge is -2.21. The molecule has 0 radical (unpaired) electrons. The number of benzene rings is 8. The van der Waals surface area contributed by atoms with E-state index in [-0.39, 0.29) is 0 Å². The lowest BCUT2D eigenvalue weighted by Crippen LogP contribution is -1.95. The Hall–Kier alpha value is -7.82. The second-order valence-electron chi connectivity index (χ2n) is 14.7. The maximum atomic E-state index is 4.27. The van der Waals surface area contributed by atoms with E-state index in [4.69, 9.17) is 0 Å². The Labute approximate surface area is 336 Å². The van der Waals surface area contributed by atoms with Crippen LogP contribution in [0.5, 0.6) is 0 Å². The molecular formula is C54H34N4. The predicted octanol–water partition coefficient (Wildman–Crippen LogP) is 13.7. The number of nitrogens with zero attached hydrogens (tertiary/aromatic N) is 4. The molecule has 4 heteroatoms. The van der Waals surface area contributed by atoms with Gasteiger partial charge in [-0.15, -0.1) is 0 Å². The number of rotatable bonds is 7. The van der Waals surface area contributed by atoms with Crippen molar-refractivity contribution in [3.8, 4) is 100 Å². The summed E-state index contributed by atoms with van der Waals surface area (Å²) in [5, 5.41) is 2.55. The Morgan fingerprint density at radius 3 is 1.19 bits per heavy atom. The summed E-state index contributed by atoms with van der Waals surface area (Å²) in [4.78, 5) is 17.1. The van der Waals surface area contributed by atoms with Gasteiger partial charge in [0, 0.05) is 35.9 Å². The molecule has 2 heterocycles. The van der Waals surface area contributed by atoms with Crippen LogP contribution in [-0.4, -0.2) is 19.9 Å². The summed E-state index contributed by atoms with van der Waals surface area (Å²) in [5.74, 6) is 0. The van der Waals surface area contributed by atoms with E-state index in [0.717, 1.165) is 44.5 Å². The Bertz CT molecular complexity index is 3150. The number of aromatic nitrogens is 4. The van der Waals surface area contributed by atoms with Gasteiger partial charge >= 0.3 is 0 Å². The maximum Gasteiger partial charge on any atom is 0.115 e. The van der Waals surface area contributed by atoms with Crippen LogP contribution in [-0.2, 0) is 0 Å². The number of hydrogen-bond donors (Lipinski definition) is 0. The van der Waals surface area contributed by atoms with Crippen molar-refractivity contribution in [2.24, 2.45) is 0 Å². The lowest BCUT2D eigenvalue weighted by atomic mass is 9.81. The highest BCUT2D eigenvalue weighted by atomic mass is 14.8. The van der Waals surface area contributed by atoms with E-state index in [0.29, 0.717) is 0 Å². The van der Waals surface area contributed by atoms with Gasteiger partial charge in [-0.25, -0.2) is 19.9 Å². The van der Waals surface area contributed by atoms with E-state index in [1.54, 1.807) is 12.7 Å². The molecule has 0 N–H and O–H groups in total. The summed E-state index contributed by atoms with van der Waals surface area (Å²) in [6, 6.07) is 62.1. The normalized spacial score (nSPS) is 11.4. The molecule has 0 amide bonds. The molecule has 0 fully saturated rings. The standard InChI is InChI=1S/C54H34N4/c1-2-10-35(11-3-1)49-28-50(43-20-6-16-39(26-43)37-14-4-18-41(24-37)45-29-55-33-56-30-45)53-47-22-8-12-36-13-9-23-48(51(36)47)54(53)52(49)44-21-7-17-40(27-44)38-15-5-19-42(25-38)46-31-57-34-58-32-46/h1-34H. The average molecular weight is 739 g/mol. The third-order valence-corrected chi connectivity index (χ3v) is 11.4. The zero-order chi connectivity index (χ0) is 38.4. The number of hydrogen-bond acceptors (Lipinski definition) is 4. The van der Waals surface area contributed by atoms with Gasteiger partial charge in [0.1, 0.15) is 12.7 Å². The zero-order valence-electron chi connectivity index (χ0n) is 31.4. The molecule has 0 aliphatic heterocycles. The van der Waals surface area contributed by atoms with Crippen molar-refractivity contribution in [2.75, 3.05) is 0 Å². The molecule has 270 valence electrons. The molecule has 0 saturated carbocycles.